The molecule has 1 aliphatic heterocycles. The minimum absolute atomic E-state index is 0.157. The maximum absolute atomic E-state index is 13.1. The third-order valence-electron chi connectivity index (χ3n) is 3.86. The van der Waals surface area contributed by atoms with Crippen LogP contribution in [0.2, 0.25) is 0 Å². The minimum Gasteiger partial charge on any atom is -0.456 e. The van der Waals surface area contributed by atoms with E-state index in [1.165, 1.54) is 6.92 Å². The van der Waals surface area contributed by atoms with E-state index in [-0.39, 0.29) is 6.42 Å². The Morgan fingerprint density at radius 1 is 1.43 bits per heavy atom. The van der Waals surface area contributed by atoms with Crippen molar-refractivity contribution >= 4 is 11.9 Å². The van der Waals surface area contributed by atoms with E-state index in [2.05, 4.69) is 4.74 Å². The van der Waals surface area contributed by atoms with Crippen molar-refractivity contribution in [1.29, 1.82) is 0 Å². The summed E-state index contributed by atoms with van der Waals surface area (Å²) < 4.78 is 48.8. The highest BCUT2D eigenvalue weighted by molar-refractivity contribution is 5.84. The van der Waals surface area contributed by atoms with Gasteiger partial charge in [-0.25, -0.2) is 4.79 Å². The van der Waals surface area contributed by atoms with Crippen LogP contribution >= 0.6 is 0 Å². The standard InChI is InChI=1S/C13H19F3O5/c1-5-12(4,6-17)10(19)20-7-8(13(14,15)16)11(2,3)21-9(7)18/h7-8,17H,5-6H2,1-4H3. The summed E-state index contributed by atoms with van der Waals surface area (Å²) in [6.45, 7) is 4.56. The van der Waals surface area contributed by atoms with Crippen molar-refractivity contribution in [2.24, 2.45) is 11.3 Å². The average molecular weight is 312 g/mol. The predicted molar refractivity (Wildman–Crippen MR) is 65.1 cm³/mol. The molecule has 0 spiro atoms. The maximum atomic E-state index is 13.1. The van der Waals surface area contributed by atoms with Crippen LogP contribution in [-0.2, 0) is 19.1 Å². The summed E-state index contributed by atoms with van der Waals surface area (Å²) in [5, 5.41) is 9.18. The predicted octanol–water partition coefficient (Wildman–Crippen LogP) is 1.82. The minimum atomic E-state index is -4.76. The molecule has 1 rings (SSSR count). The fourth-order valence-corrected chi connectivity index (χ4v) is 2.14. The van der Waals surface area contributed by atoms with Crippen molar-refractivity contribution in [2.45, 2.75) is 52.0 Å². The Morgan fingerprint density at radius 2 is 1.95 bits per heavy atom. The lowest BCUT2D eigenvalue weighted by Crippen LogP contribution is -2.47. The van der Waals surface area contributed by atoms with E-state index in [1.54, 1.807) is 6.92 Å². The smallest absolute Gasteiger partial charge is 0.399 e. The van der Waals surface area contributed by atoms with Crippen molar-refractivity contribution in [3.8, 4) is 0 Å². The van der Waals surface area contributed by atoms with Gasteiger partial charge in [0.15, 0.2) is 0 Å². The van der Waals surface area contributed by atoms with Gasteiger partial charge >= 0.3 is 18.1 Å². The van der Waals surface area contributed by atoms with Crippen LogP contribution in [0, 0.1) is 11.3 Å². The molecule has 1 aliphatic rings. The summed E-state index contributed by atoms with van der Waals surface area (Å²) in [7, 11) is 0. The van der Waals surface area contributed by atoms with Gasteiger partial charge in [0.2, 0.25) is 6.10 Å². The molecule has 3 atom stereocenters. The molecule has 0 aromatic rings. The Morgan fingerprint density at radius 3 is 2.33 bits per heavy atom. The number of carbonyl (C=O) groups is 2. The second-order valence-electron chi connectivity index (χ2n) is 5.94. The Kier molecular flexibility index (Phi) is 4.62. The Bertz CT molecular complexity index is 426. The van der Waals surface area contributed by atoms with Gasteiger partial charge < -0.3 is 14.6 Å². The lowest BCUT2D eigenvalue weighted by Gasteiger charge is -2.30. The van der Waals surface area contributed by atoms with Crippen LogP contribution in [-0.4, -0.2) is 41.5 Å². The van der Waals surface area contributed by atoms with Crippen LogP contribution in [0.4, 0.5) is 13.2 Å². The van der Waals surface area contributed by atoms with E-state index in [0.29, 0.717) is 0 Å². The summed E-state index contributed by atoms with van der Waals surface area (Å²) in [5.41, 5.74) is -3.18. The molecule has 122 valence electrons. The number of hydrogen-bond acceptors (Lipinski definition) is 5. The largest absolute Gasteiger partial charge is 0.456 e. The SMILES string of the molecule is CCC(C)(CO)C(=O)OC1C(=O)OC(C)(C)C1C(F)(F)F. The molecule has 0 bridgehead atoms. The second-order valence-corrected chi connectivity index (χ2v) is 5.94. The highest BCUT2D eigenvalue weighted by Gasteiger charge is 2.64. The zero-order chi connectivity index (χ0) is 16.6. The van der Waals surface area contributed by atoms with Crippen molar-refractivity contribution in [2.75, 3.05) is 6.61 Å². The number of halogens is 3. The van der Waals surface area contributed by atoms with E-state index < -0.39 is 47.8 Å². The molecule has 0 aliphatic carbocycles. The number of cyclic esters (lactones) is 1. The van der Waals surface area contributed by atoms with E-state index >= 15 is 0 Å². The number of alkyl halides is 3. The molecule has 21 heavy (non-hydrogen) atoms. The highest BCUT2D eigenvalue weighted by atomic mass is 19.4. The third kappa shape index (κ3) is 3.30. The highest BCUT2D eigenvalue weighted by Crippen LogP contribution is 2.45. The van der Waals surface area contributed by atoms with Gasteiger partial charge in [0.1, 0.15) is 11.5 Å². The van der Waals surface area contributed by atoms with Gasteiger partial charge in [-0.05, 0) is 27.2 Å². The lowest BCUT2D eigenvalue weighted by atomic mass is 9.86. The number of rotatable bonds is 4. The molecule has 0 aromatic heterocycles. The summed E-state index contributed by atoms with van der Waals surface area (Å²) in [6, 6.07) is 0. The molecule has 1 N–H and O–H groups in total. The number of hydrogen-bond donors (Lipinski definition) is 1. The van der Waals surface area contributed by atoms with Gasteiger partial charge in [-0.3, -0.25) is 4.79 Å². The quantitative estimate of drug-likeness (QED) is 0.802. The van der Waals surface area contributed by atoms with Crippen LogP contribution in [0.5, 0.6) is 0 Å². The van der Waals surface area contributed by atoms with E-state index in [4.69, 9.17) is 4.74 Å². The number of ether oxygens (including phenoxy) is 2. The molecule has 1 heterocycles. The maximum Gasteiger partial charge on any atom is 0.399 e. The lowest BCUT2D eigenvalue weighted by molar-refractivity contribution is -0.222. The van der Waals surface area contributed by atoms with E-state index in [1.807, 2.05) is 0 Å². The zero-order valence-electron chi connectivity index (χ0n) is 12.3. The van der Waals surface area contributed by atoms with Gasteiger partial charge in [-0.2, -0.15) is 13.2 Å². The topological polar surface area (TPSA) is 72.8 Å². The summed E-state index contributed by atoms with van der Waals surface area (Å²) in [4.78, 5) is 23.6. The number of esters is 2. The van der Waals surface area contributed by atoms with Crippen LogP contribution in [0.3, 0.4) is 0 Å². The first-order valence-corrected chi connectivity index (χ1v) is 6.50. The Hall–Kier alpha value is -1.31. The molecule has 0 aromatic carbocycles. The van der Waals surface area contributed by atoms with E-state index in [9.17, 15) is 27.9 Å². The van der Waals surface area contributed by atoms with Gasteiger partial charge in [-0.1, -0.05) is 6.92 Å². The Labute approximate surface area is 120 Å². The molecular formula is C13H19F3O5. The second kappa shape index (κ2) is 5.47. The molecule has 5 nitrogen and oxygen atoms in total. The molecule has 0 radical (unpaired) electrons. The van der Waals surface area contributed by atoms with Crippen LogP contribution in [0.1, 0.15) is 34.1 Å². The fourth-order valence-electron chi connectivity index (χ4n) is 2.14. The van der Waals surface area contributed by atoms with Crippen molar-refractivity contribution < 1.29 is 37.3 Å². The van der Waals surface area contributed by atoms with Crippen molar-refractivity contribution in [1.82, 2.24) is 0 Å². The molecular weight excluding hydrogens is 293 g/mol. The summed E-state index contributed by atoms with van der Waals surface area (Å²) >= 11 is 0. The van der Waals surface area contributed by atoms with Crippen molar-refractivity contribution in [3.05, 3.63) is 0 Å². The monoisotopic (exact) mass is 312 g/mol. The zero-order valence-corrected chi connectivity index (χ0v) is 12.3. The van der Waals surface area contributed by atoms with Crippen LogP contribution in [0.15, 0.2) is 0 Å². The van der Waals surface area contributed by atoms with Gasteiger partial charge in [-0.15, -0.1) is 0 Å². The molecule has 3 unspecified atom stereocenters. The molecule has 0 amide bonds. The van der Waals surface area contributed by atoms with Gasteiger partial charge in [0, 0.05) is 0 Å². The van der Waals surface area contributed by atoms with Gasteiger partial charge in [0.25, 0.3) is 0 Å². The fraction of sp³-hybridized carbons (Fsp3) is 0.846. The molecule has 8 heteroatoms. The first kappa shape index (κ1) is 17.7. The number of carbonyl (C=O) groups excluding carboxylic acids is 2. The first-order chi connectivity index (χ1) is 9.39. The Balaban J connectivity index is 3.05. The average Bonchev–Trinajstić information content (AvgIpc) is 2.56. The first-order valence-electron chi connectivity index (χ1n) is 6.50. The molecule has 0 saturated carbocycles. The molecule has 1 saturated heterocycles. The van der Waals surface area contributed by atoms with Gasteiger partial charge in [0.05, 0.1) is 12.0 Å². The van der Waals surface area contributed by atoms with Crippen molar-refractivity contribution in [3.63, 3.8) is 0 Å². The normalized spacial score (nSPS) is 27.9. The molecule has 1 fully saturated rings. The number of aliphatic hydroxyl groups is 1. The third-order valence-corrected chi connectivity index (χ3v) is 3.86. The van der Waals surface area contributed by atoms with E-state index in [0.717, 1.165) is 13.8 Å². The summed E-state index contributed by atoms with van der Waals surface area (Å²) in [5.74, 6) is -4.53. The van der Waals surface area contributed by atoms with Crippen LogP contribution in [0.25, 0.3) is 0 Å². The summed E-state index contributed by atoms with van der Waals surface area (Å²) in [6.07, 6.45) is -6.66. The van der Waals surface area contributed by atoms with Crippen LogP contribution < -0.4 is 0 Å². The number of aliphatic hydroxyl groups excluding tert-OH is 1.